The van der Waals surface area contributed by atoms with Crippen molar-refractivity contribution in [1.82, 2.24) is 4.98 Å². The Morgan fingerprint density at radius 1 is 1.17 bits per heavy atom. The molecule has 1 fully saturated rings. The molecule has 9 heteroatoms. The summed E-state index contributed by atoms with van der Waals surface area (Å²) in [5.74, 6) is 0. The Balaban J connectivity index is 1.91. The number of nitrogens with zero attached hydrogens (tertiary/aromatic N) is 2. The zero-order valence-electron chi connectivity index (χ0n) is 12.6. The Hall–Kier alpha value is -1.54. The van der Waals surface area contributed by atoms with Gasteiger partial charge < -0.3 is 9.64 Å². The molecule has 0 atom stereocenters. The average molecular weight is 388 g/mol. The summed E-state index contributed by atoms with van der Waals surface area (Å²) in [6, 6.07) is 8.50. The summed E-state index contributed by atoms with van der Waals surface area (Å²) in [6.45, 7) is 2.62. The number of pyridine rings is 1. The fourth-order valence-electron chi connectivity index (χ4n) is 2.39. The summed E-state index contributed by atoms with van der Waals surface area (Å²) < 4.78 is 33.1. The summed E-state index contributed by atoms with van der Waals surface area (Å²) in [7, 11) is -3.83. The predicted molar refractivity (Wildman–Crippen MR) is 94.5 cm³/mol. The molecule has 0 bridgehead atoms. The Bertz CT molecular complexity index is 840. The number of ether oxygens (including phenoxy) is 1. The number of hydrogen-bond donors (Lipinski definition) is 1. The van der Waals surface area contributed by atoms with Crippen molar-refractivity contribution >= 4 is 44.6 Å². The van der Waals surface area contributed by atoms with Crippen molar-refractivity contribution in [3.63, 3.8) is 0 Å². The van der Waals surface area contributed by atoms with Crippen LogP contribution < -0.4 is 9.62 Å². The molecule has 0 unspecified atom stereocenters. The summed E-state index contributed by atoms with van der Waals surface area (Å²) in [5.41, 5.74) is 1.29. The maximum Gasteiger partial charge on any atom is 0.263 e. The minimum atomic E-state index is -3.83. The van der Waals surface area contributed by atoms with Gasteiger partial charge in [0.05, 0.1) is 29.6 Å². The molecule has 2 aromatic rings. The van der Waals surface area contributed by atoms with E-state index in [2.05, 4.69) is 14.6 Å². The Kier molecular flexibility index (Phi) is 5.15. The van der Waals surface area contributed by atoms with Crippen LogP contribution in [-0.2, 0) is 14.8 Å². The summed E-state index contributed by atoms with van der Waals surface area (Å²) >= 11 is 11.6. The van der Waals surface area contributed by atoms with E-state index in [0.29, 0.717) is 32.0 Å². The summed E-state index contributed by atoms with van der Waals surface area (Å²) in [5, 5.41) is 0.144. The van der Waals surface area contributed by atoms with Crippen molar-refractivity contribution in [2.75, 3.05) is 35.9 Å². The van der Waals surface area contributed by atoms with Gasteiger partial charge in [0.1, 0.15) is 10.0 Å². The third-order valence-corrected chi connectivity index (χ3v) is 5.60. The lowest BCUT2D eigenvalue weighted by molar-refractivity contribution is 0.123. The molecule has 3 rings (SSSR count). The molecule has 0 radical (unpaired) electrons. The molecule has 1 aromatic heterocycles. The third-order valence-electron chi connectivity index (χ3n) is 3.58. The lowest BCUT2D eigenvalue weighted by atomic mass is 10.2. The minimum absolute atomic E-state index is 0.0475. The monoisotopic (exact) mass is 387 g/mol. The Morgan fingerprint density at radius 3 is 2.58 bits per heavy atom. The SMILES string of the molecule is O=S(=O)(Nc1ccccc1N1CCOCC1)c1cnc(Cl)c(Cl)c1. The molecule has 1 N–H and O–H groups in total. The van der Waals surface area contributed by atoms with Gasteiger partial charge in [0, 0.05) is 19.3 Å². The van der Waals surface area contributed by atoms with Crippen LogP contribution >= 0.6 is 23.2 Å². The van der Waals surface area contributed by atoms with Crippen molar-refractivity contribution in [1.29, 1.82) is 0 Å². The van der Waals surface area contributed by atoms with Crippen LogP contribution in [0.3, 0.4) is 0 Å². The number of para-hydroxylation sites is 2. The third kappa shape index (κ3) is 3.75. The van der Waals surface area contributed by atoms with Crippen molar-refractivity contribution in [2.24, 2.45) is 0 Å². The van der Waals surface area contributed by atoms with E-state index in [-0.39, 0.29) is 15.1 Å². The van der Waals surface area contributed by atoms with Gasteiger partial charge in [0.2, 0.25) is 0 Å². The highest BCUT2D eigenvalue weighted by Gasteiger charge is 2.20. The number of morpholine rings is 1. The molecule has 1 aliphatic heterocycles. The van der Waals surface area contributed by atoms with E-state index in [1.54, 1.807) is 12.1 Å². The first-order valence-corrected chi connectivity index (χ1v) is 9.47. The van der Waals surface area contributed by atoms with Crippen LogP contribution in [-0.4, -0.2) is 39.7 Å². The van der Waals surface area contributed by atoms with Crippen LogP contribution in [0.15, 0.2) is 41.4 Å². The first-order valence-electron chi connectivity index (χ1n) is 7.23. The molecular formula is C15H15Cl2N3O3S. The molecule has 6 nitrogen and oxygen atoms in total. The van der Waals surface area contributed by atoms with Gasteiger partial charge in [0.25, 0.3) is 10.0 Å². The maximum absolute atomic E-state index is 12.6. The summed E-state index contributed by atoms with van der Waals surface area (Å²) in [4.78, 5) is 5.82. The number of anilines is 2. The molecule has 0 spiro atoms. The van der Waals surface area contributed by atoms with Crippen molar-refractivity contribution in [2.45, 2.75) is 4.90 Å². The molecule has 1 aromatic carbocycles. The largest absolute Gasteiger partial charge is 0.378 e. The van der Waals surface area contributed by atoms with Gasteiger partial charge in [-0.05, 0) is 18.2 Å². The minimum Gasteiger partial charge on any atom is -0.378 e. The van der Waals surface area contributed by atoms with E-state index in [1.165, 1.54) is 12.3 Å². The van der Waals surface area contributed by atoms with Gasteiger partial charge >= 0.3 is 0 Å². The van der Waals surface area contributed by atoms with Gasteiger partial charge in [-0.25, -0.2) is 13.4 Å². The summed E-state index contributed by atoms with van der Waals surface area (Å²) in [6.07, 6.45) is 1.17. The van der Waals surface area contributed by atoms with E-state index in [9.17, 15) is 8.42 Å². The highest BCUT2D eigenvalue weighted by molar-refractivity contribution is 7.92. The molecule has 2 heterocycles. The van der Waals surface area contributed by atoms with Gasteiger partial charge in [-0.1, -0.05) is 35.3 Å². The van der Waals surface area contributed by atoms with Crippen LogP contribution in [0, 0.1) is 0 Å². The quantitative estimate of drug-likeness (QED) is 0.816. The number of aromatic nitrogens is 1. The number of benzene rings is 1. The van der Waals surface area contributed by atoms with Gasteiger partial charge in [-0.15, -0.1) is 0 Å². The molecular weight excluding hydrogens is 373 g/mol. The van der Waals surface area contributed by atoms with E-state index < -0.39 is 10.0 Å². The van der Waals surface area contributed by atoms with Crippen molar-refractivity contribution in [3.8, 4) is 0 Å². The fraction of sp³-hybridized carbons (Fsp3) is 0.267. The van der Waals surface area contributed by atoms with E-state index >= 15 is 0 Å². The molecule has 0 saturated carbocycles. The van der Waals surface area contributed by atoms with E-state index in [1.807, 2.05) is 12.1 Å². The van der Waals surface area contributed by atoms with Crippen LogP contribution in [0.25, 0.3) is 0 Å². The zero-order valence-corrected chi connectivity index (χ0v) is 14.9. The molecule has 0 amide bonds. The van der Waals surface area contributed by atoms with Crippen LogP contribution in [0.1, 0.15) is 0 Å². The lowest BCUT2D eigenvalue weighted by Gasteiger charge is -2.30. The van der Waals surface area contributed by atoms with Crippen LogP contribution in [0.4, 0.5) is 11.4 Å². The standard InChI is InChI=1S/C15H15Cl2N3O3S/c16-12-9-11(10-18-15(12)17)24(21,22)19-13-3-1-2-4-14(13)20-5-7-23-8-6-20/h1-4,9-10,19H,5-8H2. The predicted octanol–water partition coefficient (Wildman–Crippen LogP) is 3.03. The molecule has 24 heavy (non-hydrogen) atoms. The molecule has 0 aliphatic carbocycles. The van der Waals surface area contributed by atoms with E-state index in [4.69, 9.17) is 27.9 Å². The van der Waals surface area contributed by atoms with E-state index in [0.717, 1.165) is 5.69 Å². The fourth-order valence-corrected chi connectivity index (χ4v) is 3.77. The van der Waals surface area contributed by atoms with Gasteiger partial charge in [-0.3, -0.25) is 4.72 Å². The van der Waals surface area contributed by atoms with Crippen molar-refractivity contribution < 1.29 is 13.2 Å². The Labute approximate surface area is 150 Å². The first-order chi connectivity index (χ1) is 11.5. The zero-order chi connectivity index (χ0) is 17.2. The second kappa shape index (κ2) is 7.14. The average Bonchev–Trinajstić information content (AvgIpc) is 2.58. The number of nitrogens with one attached hydrogen (secondary N) is 1. The molecule has 1 saturated heterocycles. The highest BCUT2D eigenvalue weighted by Crippen LogP contribution is 2.29. The number of rotatable bonds is 4. The van der Waals surface area contributed by atoms with Gasteiger partial charge in [-0.2, -0.15) is 0 Å². The number of sulfonamides is 1. The second-order valence-corrected chi connectivity index (χ2v) is 7.61. The first kappa shape index (κ1) is 17.3. The normalized spacial score (nSPS) is 15.3. The molecule has 128 valence electrons. The maximum atomic E-state index is 12.6. The smallest absolute Gasteiger partial charge is 0.263 e. The second-order valence-electron chi connectivity index (χ2n) is 5.17. The topological polar surface area (TPSA) is 71.5 Å². The van der Waals surface area contributed by atoms with Crippen molar-refractivity contribution in [3.05, 3.63) is 46.7 Å². The Morgan fingerprint density at radius 2 is 1.88 bits per heavy atom. The van der Waals surface area contributed by atoms with Gasteiger partial charge in [0.15, 0.2) is 0 Å². The molecule has 1 aliphatic rings. The van der Waals surface area contributed by atoms with Crippen LogP contribution in [0.2, 0.25) is 10.2 Å². The number of halogens is 2. The lowest BCUT2D eigenvalue weighted by Crippen LogP contribution is -2.36. The number of hydrogen-bond acceptors (Lipinski definition) is 5. The van der Waals surface area contributed by atoms with Crippen LogP contribution in [0.5, 0.6) is 0 Å². The highest BCUT2D eigenvalue weighted by atomic mass is 35.5.